The van der Waals surface area contributed by atoms with Gasteiger partial charge in [0.25, 0.3) is 0 Å². The molecule has 0 spiro atoms. The fourth-order valence-corrected chi connectivity index (χ4v) is 1.76. The first-order valence-corrected chi connectivity index (χ1v) is 4.97. The third-order valence-electron chi connectivity index (χ3n) is 2.38. The Morgan fingerprint density at radius 1 is 1.12 bits per heavy atom. The standard InChI is InChI=1S/C11H10N4O/c1-7-4-15-5-8(2)14-11(15)10(13-7)9-3-12-16-6-9/h3-6H,1-2H3. The van der Waals surface area contributed by atoms with Crippen LogP contribution in [0.15, 0.2) is 29.4 Å². The van der Waals surface area contributed by atoms with Crippen LogP contribution in [0.4, 0.5) is 0 Å². The van der Waals surface area contributed by atoms with E-state index in [4.69, 9.17) is 4.52 Å². The Morgan fingerprint density at radius 3 is 2.56 bits per heavy atom. The molecule has 0 aliphatic heterocycles. The third kappa shape index (κ3) is 1.29. The number of hydrogen-bond donors (Lipinski definition) is 0. The summed E-state index contributed by atoms with van der Waals surface area (Å²) in [7, 11) is 0. The molecule has 3 aromatic rings. The Labute approximate surface area is 91.7 Å². The molecule has 5 nitrogen and oxygen atoms in total. The lowest BCUT2D eigenvalue weighted by Crippen LogP contribution is -1.94. The van der Waals surface area contributed by atoms with Gasteiger partial charge in [0.1, 0.15) is 12.0 Å². The van der Waals surface area contributed by atoms with Gasteiger partial charge >= 0.3 is 0 Å². The molecule has 0 unspecified atom stereocenters. The van der Waals surface area contributed by atoms with E-state index in [-0.39, 0.29) is 0 Å². The van der Waals surface area contributed by atoms with Crippen molar-refractivity contribution in [2.45, 2.75) is 13.8 Å². The molecule has 3 heterocycles. The first kappa shape index (κ1) is 9.08. The van der Waals surface area contributed by atoms with Crippen LogP contribution >= 0.6 is 0 Å². The first-order chi connectivity index (χ1) is 7.74. The number of aryl methyl sites for hydroxylation is 2. The summed E-state index contributed by atoms with van der Waals surface area (Å²) in [6.45, 7) is 3.91. The molecule has 0 amide bonds. The molecule has 0 aliphatic rings. The molecular weight excluding hydrogens is 204 g/mol. The van der Waals surface area contributed by atoms with Gasteiger partial charge in [0.05, 0.1) is 23.1 Å². The highest BCUT2D eigenvalue weighted by Crippen LogP contribution is 2.21. The van der Waals surface area contributed by atoms with Gasteiger partial charge in [-0.15, -0.1) is 0 Å². The van der Waals surface area contributed by atoms with Crippen LogP contribution in [-0.4, -0.2) is 19.5 Å². The zero-order valence-electron chi connectivity index (χ0n) is 9.01. The van der Waals surface area contributed by atoms with Crippen LogP contribution < -0.4 is 0 Å². The molecular formula is C11H10N4O. The third-order valence-corrected chi connectivity index (χ3v) is 2.38. The molecule has 3 rings (SSSR count). The van der Waals surface area contributed by atoms with Gasteiger partial charge < -0.3 is 8.92 Å². The van der Waals surface area contributed by atoms with E-state index < -0.39 is 0 Å². The van der Waals surface area contributed by atoms with Crippen molar-refractivity contribution >= 4 is 5.65 Å². The Kier molecular flexibility index (Phi) is 1.80. The molecule has 3 aromatic heterocycles. The maximum absolute atomic E-state index is 4.84. The first-order valence-electron chi connectivity index (χ1n) is 4.97. The lowest BCUT2D eigenvalue weighted by Gasteiger charge is -2.01. The van der Waals surface area contributed by atoms with Crippen LogP contribution in [0, 0.1) is 13.8 Å². The monoisotopic (exact) mass is 214 g/mol. The lowest BCUT2D eigenvalue weighted by molar-refractivity contribution is 0.420. The number of rotatable bonds is 1. The molecule has 0 N–H and O–H groups in total. The molecule has 0 aromatic carbocycles. The zero-order chi connectivity index (χ0) is 11.1. The van der Waals surface area contributed by atoms with Crippen molar-refractivity contribution in [2.75, 3.05) is 0 Å². The average Bonchev–Trinajstić information content (AvgIpc) is 2.83. The van der Waals surface area contributed by atoms with Gasteiger partial charge in [-0.3, -0.25) is 0 Å². The van der Waals surface area contributed by atoms with Gasteiger partial charge in [-0.05, 0) is 13.8 Å². The second kappa shape index (κ2) is 3.16. The van der Waals surface area contributed by atoms with E-state index >= 15 is 0 Å². The number of hydrogen-bond acceptors (Lipinski definition) is 4. The van der Waals surface area contributed by atoms with E-state index in [1.807, 2.05) is 30.6 Å². The van der Waals surface area contributed by atoms with E-state index in [0.29, 0.717) is 0 Å². The number of nitrogens with zero attached hydrogens (tertiary/aromatic N) is 4. The maximum atomic E-state index is 4.84. The van der Waals surface area contributed by atoms with Crippen molar-refractivity contribution in [1.82, 2.24) is 19.5 Å². The lowest BCUT2D eigenvalue weighted by atomic mass is 10.2. The van der Waals surface area contributed by atoms with Crippen molar-refractivity contribution in [3.8, 4) is 11.3 Å². The maximum Gasteiger partial charge on any atom is 0.163 e. The van der Waals surface area contributed by atoms with E-state index in [9.17, 15) is 0 Å². The van der Waals surface area contributed by atoms with Crippen LogP contribution in [0.3, 0.4) is 0 Å². The molecule has 0 radical (unpaired) electrons. The summed E-state index contributed by atoms with van der Waals surface area (Å²) < 4.78 is 6.81. The zero-order valence-corrected chi connectivity index (χ0v) is 9.01. The van der Waals surface area contributed by atoms with Gasteiger partial charge in [0.15, 0.2) is 5.65 Å². The smallest absolute Gasteiger partial charge is 0.163 e. The molecule has 0 saturated carbocycles. The quantitative estimate of drug-likeness (QED) is 0.621. The molecule has 0 saturated heterocycles. The van der Waals surface area contributed by atoms with Crippen molar-refractivity contribution in [1.29, 1.82) is 0 Å². The fraction of sp³-hybridized carbons (Fsp3) is 0.182. The van der Waals surface area contributed by atoms with E-state index in [1.54, 1.807) is 12.5 Å². The SMILES string of the molecule is Cc1cn2cc(C)nc2c(-c2cnoc2)n1. The van der Waals surface area contributed by atoms with Crippen molar-refractivity contribution < 1.29 is 4.52 Å². The van der Waals surface area contributed by atoms with Crippen LogP contribution in [0.2, 0.25) is 0 Å². The number of imidazole rings is 1. The van der Waals surface area contributed by atoms with Gasteiger partial charge in [-0.1, -0.05) is 5.16 Å². The van der Waals surface area contributed by atoms with E-state index in [2.05, 4.69) is 15.1 Å². The Balaban J connectivity index is 2.38. The second-order valence-electron chi connectivity index (χ2n) is 3.76. The predicted octanol–water partition coefficient (Wildman–Crippen LogP) is 2.00. The van der Waals surface area contributed by atoms with Crippen molar-refractivity contribution in [2.24, 2.45) is 0 Å². The summed E-state index contributed by atoms with van der Waals surface area (Å²) in [5, 5.41) is 3.69. The number of fused-ring (bicyclic) bond motifs is 1. The molecule has 0 fully saturated rings. The summed E-state index contributed by atoms with van der Waals surface area (Å²) in [6, 6.07) is 0. The van der Waals surface area contributed by atoms with Crippen molar-refractivity contribution in [3.05, 3.63) is 36.2 Å². The molecule has 0 aliphatic carbocycles. The van der Waals surface area contributed by atoms with Crippen LogP contribution in [-0.2, 0) is 0 Å². The molecule has 80 valence electrons. The Morgan fingerprint density at radius 2 is 1.88 bits per heavy atom. The second-order valence-corrected chi connectivity index (χ2v) is 3.76. The molecule has 16 heavy (non-hydrogen) atoms. The summed E-state index contributed by atoms with van der Waals surface area (Å²) >= 11 is 0. The topological polar surface area (TPSA) is 56.2 Å². The minimum atomic E-state index is 0.800. The Hall–Kier alpha value is -2.17. The predicted molar refractivity (Wildman–Crippen MR) is 58.0 cm³/mol. The summed E-state index contributed by atoms with van der Waals surface area (Å²) in [6.07, 6.45) is 7.14. The van der Waals surface area contributed by atoms with Crippen LogP contribution in [0.5, 0.6) is 0 Å². The van der Waals surface area contributed by atoms with Crippen LogP contribution in [0.25, 0.3) is 16.9 Å². The highest BCUT2D eigenvalue weighted by atomic mass is 16.5. The molecule has 0 atom stereocenters. The van der Waals surface area contributed by atoms with Gasteiger partial charge in [-0.25, -0.2) is 9.97 Å². The largest absolute Gasteiger partial charge is 0.364 e. The van der Waals surface area contributed by atoms with E-state index in [1.165, 1.54) is 0 Å². The number of aromatic nitrogens is 4. The van der Waals surface area contributed by atoms with Crippen molar-refractivity contribution in [3.63, 3.8) is 0 Å². The highest BCUT2D eigenvalue weighted by molar-refractivity contribution is 5.72. The van der Waals surface area contributed by atoms with E-state index in [0.717, 1.165) is 28.3 Å². The minimum absolute atomic E-state index is 0.800. The molecule has 5 heteroatoms. The van der Waals surface area contributed by atoms with Crippen LogP contribution in [0.1, 0.15) is 11.4 Å². The highest BCUT2D eigenvalue weighted by Gasteiger charge is 2.11. The van der Waals surface area contributed by atoms with Gasteiger partial charge in [0, 0.05) is 12.4 Å². The van der Waals surface area contributed by atoms with Gasteiger partial charge in [-0.2, -0.15) is 0 Å². The fourth-order valence-electron chi connectivity index (χ4n) is 1.76. The summed E-state index contributed by atoms with van der Waals surface area (Å²) in [5.41, 5.74) is 4.37. The molecule has 0 bridgehead atoms. The minimum Gasteiger partial charge on any atom is -0.364 e. The van der Waals surface area contributed by atoms with Gasteiger partial charge in [0.2, 0.25) is 0 Å². The summed E-state index contributed by atoms with van der Waals surface area (Å²) in [4.78, 5) is 8.91. The summed E-state index contributed by atoms with van der Waals surface area (Å²) in [5.74, 6) is 0. The normalized spacial score (nSPS) is 11.1. The Bertz CT molecular complexity index is 639. The average molecular weight is 214 g/mol.